The van der Waals surface area contributed by atoms with Crippen LogP contribution in [0.3, 0.4) is 0 Å². The molecule has 22 heavy (non-hydrogen) atoms. The van der Waals surface area contributed by atoms with Crippen LogP contribution >= 0.6 is 11.8 Å². The van der Waals surface area contributed by atoms with Crippen LogP contribution < -0.4 is 10.6 Å². The molecule has 1 aromatic rings. The molecule has 0 bridgehead atoms. The third-order valence-electron chi connectivity index (χ3n) is 3.32. The number of amides is 2. The number of carboxylic acids is 1. The Bertz CT molecular complexity index is 629. The molecule has 2 rings (SSSR count). The SMILES string of the molecule is CC(=O)Nc1ccc(F)c(C(=O)NC2(C(=O)O)CCSC2)c1. The van der Waals surface area contributed by atoms with Crippen LogP contribution in [-0.4, -0.2) is 39.9 Å². The molecule has 0 radical (unpaired) electrons. The molecule has 1 aromatic carbocycles. The van der Waals surface area contributed by atoms with Gasteiger partial charge in [0.2, 0.25) is 5.91 Å². The van der Waals surface area contributed by atoms with Crippen molar-refractivity contribution in [2.24, 2.45) is 0 Å². The monoisotopic (exact) mass is 326 g/mol. The van der Waals surface area contributed by atoms with Crippen molar-refractivity contribution < 1.29 is 23.9 Å². The topological polar surface area (TPSA) is 95.5 Å². The van der Waals surface area contributed by atoms with Gasteiger partial charge in [-0.05, 0) is 30.4 Å². The number of rotatable bonds is 4. The van der Waals surface area contributed by atoms with Gasteiger partial charge in [-0.25, -0.2) is 9.18 Å². The highest BCUT2D eigenvalue weighted by Crippen LogP contribution is 2.29. The van der Waals surface area contributed by atoms with E-state index < -0.39 is 23.2 Å². The maximum Gasteiger partial charge on any atom is 0.330 e. The normalized spacial score (nSPS) is 20.5. The molecule has 6 nitrogen and oxygen atoms in total. The van der Waals surface area contributed by atoms with E-state index in [9.17, 15) is 23.9 Å². The quantitative estimate of drug-likeness (QED) is 0.779. The van der Waals surface area contributed by atoms with Crippen molar-refractivity contribution in [1.82, 2.24) is 5.32 Å². The smallest absolute Gasteiger partial charge is 0.330 e. The Hall–Kier alpha value is -2.09. The second-order valence-electron chi connectivity index (χ2n) is 5.02. The van der Waals surface area contributed by atoms with Gasteiger partial charge in [0.05, 0.1) is 5.56 Å². The number of carboxylic acid groups (broad SMARTS) is 1. The van der Waals surface area contributed by atoms with Crippen LogP contribution in [0.1, 0.15) is 23.7 Å². The summed E-state index contributed by atoms with van der Waals surface area (Å²) in [5.41, 5.74) is -1.41. The van der Waals surface area contributed by atoms with E-state index in [-0.39, 0.29) is 29.3 Å². The predicted octanol–water partition coefficient (Wildman–Crippen LogP) is 1.47. The van der Waals surface area contributed by atoms with Gasteiger partial charge in [-0.2, -0.15) is 11.8 Å². The number of thioether (sulfide) groups is 1. The lowest BCUT2D eigenvalue weighted by Crippen LogP contribution is -2.54. The minimum atomic E-state index is -1.38. The molecule has 1 atom stereocenters. The van der Waals surface area contributed by atoms with Crippen LogP contribution in [0.15, 0.2) is 18.2 Å². The van der Waals surface area contributed by atoms with E-state index in [2.05, 4.69) is 10.6 Å². The van der Waals surface area contributed by atoms with Crippen LogP contribution in [0.25, 0.3) is 0 Å². The summed E-state index contributed by atoms with van der Waals surface area (Å²) < 4.78 is 13.8. The number of carbonyl (C=O) groups excluding carboxylic acids is 2. The highest BCUT2D eigenvalue weighted by molar-refractivity contribution is 7.99. The molecule has 2 amide bonds. The summed E-state index contributed by atoms with van der Waals surface area (Å²) in [6, 6.07) is 3.56. The zero-order valence-corrected chi connectivity index (χ0v) is 12.6. The average molecular weight is 326 g/mol. The standard InChI is InChI=1S/C14H15FN2O4S/c1-8(18)16-9-2-3-11(15)10(6-9)12(19)17-14(13(20)21)4-5-22-7-14/h2-3,6H,4-5,7H2,1H3,(H,16,18)(H,17,19)(H,20,21). The number of hydrogen-bond acceptors (Lipinski definition) is 4. The van der Waals surface area contributed by atoms with Crippen molar-refractivity contribution in [3.05, 3.63) is 29.6 Å². The summed E-state index contributed by atoms with van der Waals surface area (Å²) in [6.45, 7) is 1.29. The fourth-order valence-electron chi connectivity index (χ4n) is 2.15. The first kappa shape index (κ1) is 16.3. The lowest BCUT2D eigenvalue weighted by atomic mass is 9.98. The fraction of sp³-hybridized carbons (Fsp3) is 0.357. The van der Waals surface area contributed by atoms with E-state index in [1.165, 1.54) is 30.8 Å². The van der Waals surface area contributed by atoms with Gasteiger partial charge in [0, 0.05) is 18.4 Å². The first-order chi connectivity index (χ1) is 10.3. The highest BCUT2D eigenvalue weighted by atomic mass is 32.2. The number of carbonyl (C=O) groups is 3. The van der Waals surface area contributed by atoms with Gasteiger partial charge in [0.1, 0.15) is 11.4 Å². The van der Waals surface area contributed by atoms with Crippen molar-refractivity contribution in [2.75, 3.05) is 16.8 Å². The first-order valence-electron chi connectivity index (χ1n) is 6.55. The maximum atomic E-state index is 13.8. The number of aliphatic carboxylic acids is 1. The van der Waals surface area contributed by atoms with Crippen molar-refractivity contribution in [2.45, 2.75) is 18.9 Å². The van der Waals surface area contributed by atoms with Crippen molar-refractivity contribution in [1.29, 1.82) is 0 Å². The van der Waals surface area contributed by atoms with Gasteiger partial charge in [0.25, 0.3) is 5.91 Å². The summed E-state index contributed by atoms with van der Waals surface area (Å²) in [4.78, 5) is 34.7. The number of nitrogens with one attached hydrogen (secondary N) is 2. The van der Waals surface area contributed by atoms with Gasteiger partial charge in [-0.1, -0.05) is 0 Å². The molecular weight excluding hydrogens is 311 g/mol. The van der Waals surface area contributed by atoms with Gasteiger partial charge in [-0.15, -0.1) is 0 Å². The van der Waals surface area contributed by atoms with Gasteiger partial charge in [-0.3, -0.25) is 9.59 Å². The lowest BCUT2D eigenvalue weighted by molar-refractivity contribution is -0.143. The van der Waals surface area contributed by atoms with E-state index in [0.29, 0.717) is 5.75 Å². The van der Waals surface area contributed by atoms with Crippen LogP contribution in [0.2, 0.25) is 0 Å². The Labute approximate surface area is 130 Å². The zero-order chi connectivity index (χ0) is 16.3. The van der Waals surface area contributed by atoms with Crippen LogP contribution in [0.4, 0.5) is 10.1 Å². The molecule has 1 heterocycles. The van der Waals surface area contributed by atoms with Crippen molar-refractivity contribution in [3.63, 3.8) is 0 Å². The van der Waals surface area contributed by atoms with E-state index in [1.54, 1.807) is 0 Å². The second-order valence-corrected chi connectivity index (χ2v) is 6.12. The number of halogens is 1. The Morgan fingerprint density at radius 3 is 2.64 bits per heavy atom. The molecule has 0 saturated carbocycles. The van der Waals surface area contributed by atoms with Crippen LogP contribution in [-0.2, 0) is 9.59 Å². The zero-order valence-electron chi connectivity index (χ0n) is 11.8. The Kier molecular flexibility index (Phi) is 4.70. The molecule has 118 valence electrons. The largest absolute Gasteiger partial charge is 0.479 e. The van der Waals surface area contributed by atoms with Gasteiger partial charge < -0.3 is 15.7 Å². The van der Waals surface area contributed by atoms with E-state index in [1.807, 2.05) is 0 Å². The highest BCUT2D eigenvalue weighted by Gasteiger charge is 2.43. The molecule has 1 aliphatic heterocycles. The first-order valence-corrected chi connectivity index (χ1v) is 7.70. The molecule has 3 N–H and O–H groups in total. The molecule has 8 heteroatoms. The minimum Gasteiger partial charge on any atom is -0.479 e. The average Bonchev–Trinajstić information content (AvgIpc) is 2.90. The summed E-state index contributed by atoms with van der Waals surface area (Å²) in [6.07, 6.45) is 0.283. The van der Waals surface area contributed by atoms with E-state index >= 15 is 0 Å². The summed E-state index contributed by atoms with van der Waals surface area (Å²) in [7, 11) is 0. The molecule has 1 unspecified atom stereocenters. The lowest BCUT2D eigenvalue weighted by Gasteiger charge is -2.24. The molecule has 0 aromatic heterocycles. The molecule has 1 fully saturated rings. The summed E-state index contributed by atoms with van der Waals surface area (Å²) >= 11 is 1.42. The van der Waals surface area contributed by atoms with Crippen LogP contribution in [0.5, 0.6) is 0 Å². The van der Waals surface area contributed by atoms with E-state index in [0.717, 1.165) is 6.07 Å². The van der Waals surface area contributed by atoms with Crippen molar-refractivity contribution in [3.8, 4) is 0 Å². The van der Waals surface area contributed by atoms with E-state index in [4.69, 9.17) is 0 Å². The molecule has 1 aliphatic rings. The molecule has 0 spiro atoms. The molecule has 0 aliphatic carbocycles. The molecule has 1 saturated heterocycles. The van der Waals surface area contributed by atoms with Gasteiger partial charge >= 0.3 is 5.97 Å². The number of benzene rings is 1. The fourth-order valence-corrected chi connectivity index (χ4v) is 3.48. The summed E-state index contributed by atoms with van der Waals surface area (Å²) in [5.74, 6) is -2.23. The third kappa shape index (κ3) is 3.38. The van der Waals surface area contributed by atoms with Crippen LogP contribution in [0, 0.1) is 5.82 Å². The second kappa shape index (κ2) is 6.35. The maximum absolute atomic E-state index is 13.8. The van der Waals surface area contributed by atoms with Crippen molar-refractivity contribution >= 4 is 35.2 Å². The molecular formula is C14H15FN2O4S. The Morgan fingerprint density at radius 2 is 2.09 bits per heavy atom. The predicted molar refractivity (Wildman–Crippen MR) is 80.5 cm³/mol. The number of anilines is 1. The Morgan fingerprint density at radius 1 is 1.36 bits per heavy atom. The minimum absolute atomic E-state index is 0.237. The third-order valence-corrected chi connectivity index (χ3v) is 4.50. The summed E-state index contributed by atoms with van der Waals surface area (Å²) in [5, 5.41) is 14.2. The van der Waals surface area contributed by atoms with Gasteiger partial charge in [0.15, 0.2) is 0 Å². The number of hydrogen-bond donors (Lipinski definition) is 3. The Balaban J connectivity index is 2.25.